The van der Waals surface area contributed by atoms with Crippen molar-refractivity contribution < 1.29 is 4.79 Å². The molecule has 2 aliphatic rings. The first-order valence-corrected chi connectivity index (χ1v) is 10.6. The Hall–Kier alpha value is -2.15. The Bertz CT molecular complexity index is 760. The van der Waals surface area contributed by atoms with E-state index in [1.165, 1.54) is 12.8 Å². The summed E-state index contributed by atoms with van der Waals surface area (Å²) in [6.07, 6.45) is 15.7. The molecule has 28 heavy (non-hydrogen) atoms. The van der Waals surface area contributed by atoms with Crippen LogP contribution < -0.4 is 0 Å². The Balaban J connectivity index is 1.24. The summed E-state index contributed by atoms with van der Waals surface area (Å²) >= 11 is 0. The second-order valence-corrected chi connectivity index (χ2v) is 8.52. The van der Waals surface area contributed by atoms with Crippen molar-refractivity contribution in [2.75, 3.05) is 32.7 Å². The summed E-state index contributed by atoms with van der Waals surface area (Å²) in [5.41, 5.74) is 0.336. The van der Waals surface area contributed by atoms with E-state index >= 15 is 0 Å². The topological polar surface area (TPSA) is 59.2 Å². The summed E-state index contributed by atoms with van der Waals surface area (Å²) in [6, 6.07) is 0. The molecule has 4 heterocycles. The molecule has 0 aliphatic carbocycles. The molecule has 2 aromatic rings. The highest BCUT2D eigenvalue weighted by atomic mass is 16.2. The normalized spacial score (nSPS) is 20.2. The van der Waals surface area contributed by atoms with Gasteiger partial charge in [0.15, 0.2) is 0 Å². The van der Waals surface area contributed by atoms with Crippen molar-refractivity contribution in [1.82, 2.24) is 28.9 Å². The van der Waals surface area contributed by atoms with Gasteiger partial charge in [0.2, 0.25) is 5.91 Å². The Morgan fingerprint density at radius 1 is 1.07 bits per heavy atom. The Morgan fingerprint density at radius 2 is 1.93 bits per heavy atom. The second kappa shape index (κ2) is 8.47. The van der Waals surface area contributed by atoms with E-state index in [-0.39, 0.29) is 0 Å². The molecule has 152 valence electrons. The number of carbonyl (C=O) groups excluding carboxylic acids is 1. The fourth-order valence-corrected chi connectivity index (χ4v) is 4.72. The number of piperidine rings is 2. The van der Waals surface area contributed by atoms with E-state index in [2.05, 4.69) is 35.9 Å². The maximum absolute atomic E-state index is 12.4. The summed E-state index contributed by atoms with van der Waals surface area (Å²) in [5, 5.41) is 0. The fraction of sp³-hybridized carbons (Fsp3) is 0.667. The third-order valence-electron chi connectivity index (χ3n) is 6.64. The Morgan fingerprint density at radius 3 is 2.64 bits per heavy atom. The lowest BCUT2D eigenvalue weighted by Gasteiger charge is -2.47. The van der Waals surface area contributed by atoms with E-state index in [0.29, 0.717) is 11.3 Å². The van der Waals surface area contributed by atoms with Gasteiger partial charge in [0.05, 0.1) is 6.33 Å². The fourth-order valence-electron chi connectivity index (χ4n) is 4.72. The monoisotopic (exact) mass is 384 g/mol. The molecule has 0 aromatic carbocycles. The van der Waals surface area contributed by atoms with E-state index in [1.807, 2.05) is 31.1 Å². The molecule has 2 aromatic heterocycles. The lowest BCUT2D eigenvalue weighted by molar-refractivity contribution is -0.139. The van der Waals surface area contributed by atoms with Gasteiger partial charge in [-0.15, -0.1) is 0 Å². The van der Waals surface area contributed by atoms with Crippen LogP contribution in [0.1, 0.15) is 37.9 Å². The zero-order valence-corrected chi connectivity index (χ0v) is 17.0. The van der Waals surface area contributed by atoms with Crippen LogP contribution in [0.2, 0.25) is 0 Å². The van der Waals surface area contributed by atoms with E-state index in [9.17, 15) is 4.79 Å². The third kappa shape index (κ3) is 4.46. The zero-order valence-electron chi connectivity index (χ0n) is 17.0. The Labute approximate surface area is 167 Å². The van der Waals surface area contributed by atoms with Gasteiger partial charge in [-0.2, -0.15) is 0 Å². The number of nitrogens with zero attached hydrogens (tertiary/aromatic N) is 6. The van der Waals surface area contributed by atoms with E-state index in [0.717, 1.165) is 70.8 Å². The predicted molar refractivity (Wildman–Crippen MR) is 108 cm³/mol. The van der Waals surface area contributed by atoms with E-state index < -0.39 is 0 Å². The maximum atomic E-state index is 12.4. The molecule has 2 aliphatic heterocycles. The molecule has 0 bridgehead atoms. The van der Waals surface area contributed by atoms with Gasteiger partial charge in [-0.25, -0.2) is 9.97 Å². The number of aromatic nitrogens is 4. The molecule has 7 nitrogen and oxygen atoms in total. The minimum atomic E-state index is 0.336. The first-order valence-electron chi connectivity index (χ1n) is 10.6. The number of hydrogen-bond acceptors (Lipinski definition) is 4. The molecule has 0 radical (unpaired) electrons. The van der Waals surface area contributed by atoms with Crippen LogP contribution in [0.25, 0.3) is 0 Å². The first-order chi connectivity index (χ1) is 13.6. The van der Waals surface area contributed by atoms with Crippen LogP contribution in [0.3, 0.4) is 0 Å². The standard InChI is InChI=1S/C21H32N6O/c1-24-15-9-23-19(24)4-12-25-13-6-21(7-14-25)5-3-20(28)27(17-21)11-2-10-26-16-8-22-18-26/h8-9,15-16,18H,2-7,10-14,17H2,1H3. The SMILES string of the molecule is Cn1ccnc1CCN1CCC2(CCC(=O)N(CCCn3ccnc3)C2)CC1. The van der Waals surface area contributed by atoms with Gasteiger partial charge in [-0.1, -0.05) is 0 Å². The van der Waals surface area contributed by atoms with Crippen LogP contribution in [-0.4, -0.2) is 67.5 Å². The molecule has 1 amide bonds. The molecule has 2 fully saturated rings. The lowest BCUT2D eigenvalue weighted by Crippen LogP contribution is -2.51. The van der Waals surface area contributed by atoms with E-state index in [1.54, 1.807) is 0 Å². The van der Waals surface area contributed by atoms with Gasteiger partial charge >= 0.3 is 0 Å². The molecule has 7 heteroatoms. The Kier molecular flexibility index (Phi) is 5.80. The largest absolute Gasteiger partial charge is 0.342 e. The van der Waals surface area contributed by atoms with Gasteiger partial charge in [-0.3, -0.25) is 4.79 Å². The minimum absolute atomic E-state index is 0.336. The lowest BCUT2D eigenvalue weighted by atomic mass is 9.72. The van der Waals surface area contributed by atoms with Gasteiger partial charge in [0.25, 0.3) is 0 Å². The average Bonchev–Trinajstić information content (AvgIpc) is 3.36. The number of hydrogen-bond donors (Lipinski definition) is 0. The number of likely N-dealkylation sites (tertiary alicyclic amines) is 2. The number of carbonyl (C=O) groups is 1. The number of rotatable bonds is 7. The van der Waals surface area contributed by atoms with Gasteiger partial charge in [0, 0.05) is 70.9 Å². The first kappa shape index (κ1) is 19.2. The highest BCUT2D eigenvalue weighted by Gasteiger charge is 2.40. The quantitative estimate of drug-likeness (QED) is 0.732. The highest BCUT2D eigenvalue weighted by Crippen LogP contribution is 2.40. The zero-order chi connectivity index (χ0) is 19.4. The van der Waals surface area contributed by atoms with Crippen molar-refractivity contribution in [2.45, 2.75) is 45.1 Å². The summed E-state index contributed by atoms with van der Waals surface area (Å²) in [6.45, 7) is 6.10. The van der Waals surface area contributed by atoms with Crippen LogP contribution in [0, 0.1) is 5.41 Å². The molecule has 0 saturated carbocycles. The van der Waals surface area contributed by atoms with Gasteiger partial charge < -0.3 is 18.9 Å². The second-order valence-electron chi connectivity index (χ2n) is 8.52. The van der Waals surface area contributed by atoms with Crippen LogP contribution in [0.5, 0.6) is 0 Å². The minimum Gasteiger partial charge on any atom is -0.342 e. The van der Waals surface area contributed by atoms with Gasteiger partial charge in [-0.05, 0) is 44.2 Å². The molecule has 2 saturated heterocycles. The number of imidazole rings is 2. The highest BCUT2D eigenvalue weighted by molar-refractivity contribution is 5.77. The van der Waals surface area contributed by atoms with Gasteiger partial charge in [0.1, 0.15) is 5.82 Å². The molecule has 4 rings (SSSR count). The van der Waals surface area contributed by atoms with Crippen molar-refractivity contribution in [3.63, 3.8) is 0 Å². The van der Waals surface area contributed by atoms with Crippen LogP contribution in [0.4, 0.5) is 0 Å². The summed E-state index contributed by atoms with van der Waals surface area (Å²) in [7, 11) is 2.06. The van der Waals surface area contributed by atoms with Crippen LogP contribution in [-0.2, 0) is 24.8 Å². The summed E-state index contributed by atoms with van der Waals surface area (Å²) in [5.74, 6) is 1.50. The van der Waals surface area contributed by atoms with E-state index in [4.69, 9.17) is 0 Å². The summed E-state index contributed by atoms with van der Waals surface area (Å²) < 4.78 is 4.20. The van der Waals surface area contributed by atoms with Crippen LogP contribution >= 0.6 is 0 Å². The van der Waals surface area contributed by atoms with Crippen molar-refractivity contribution >= 4 is 5.91 Å². The average molecular weight is 385 g/mol. The number of aryl methyl sites for hydroxylation is 2. The molecular formula is C21H32N6O. The molecule has 0 N–H and O–H groups in total. The molecule has 0 atom stereocenters. The van der Waals surface area contributed by atoms with Crippen molar-refractivity contribution in [3.8, 4) is 0 Å². The van der Waals surface area contributed by atoms with Crippen LogP contribution in [0.15, 0.2) is 31.1 Å². The number of amides is 1. The smallest absolute Gasteiger partial charge is 0.222 e. The maximum Gasteiger partial charge on any atom is 0.222 e. The predicted octanol–water partition coefficient (Wildman–Crippen LogP) is 1.95. The molecule has 1 spiro atoms. The third-order valence-corrected chi connectivity index (χ3v) is 6.64. The summed E-state index contributed by atoms with van der Waals surface area (Å²) in [4.78, 5) is 25.6. The van der Waals surface area contributed by atoms with Crippen molar-refractivity contribution in [2.24, 2.45) is 12.5 Å². The van der Waals surface area contributed by atoms with Crippen molar-refractivity contribution in [1.29, 1.82) is 0 Å². The molecular weight excluding hydrogens is 352 g/mol. The van der Waals surface area contributed by atoms with Crippen molar-refractivity contribution in [3.05, 3.63) is 36.9 Å². The molecule has 0 unspecified atom stereocenters.